The van der Waals surface area contributed by atoms with Gasteiger partial charge in [0.15, 0.2) is 11.5 Å². The predicted octanol–water partition coefficient (Wildman–Crippen LogP) is 2.01. The monoisotopic (exact) mass is 483 g/mol. The molecule has 10 nitrogen and oxygen atoms in total. The summed E-state index contributed by atoms with van der Waals surface area (Å²) in [6, 6.07) is 5.64. The van der Waals surface area contributed by atoms with E-state index in [2.05, 4.69) is 14.8 Å². The van der Waals surface area contributed by atoms with Gasteiger partial charge in [0.1, 0.15) is 5.82 Å². The molecule has 1 aromatic heterocycles. The molecular weight excluding hydrogens is 450 g/mol. The van der Waals surface area contributed by atoms with E-state index in [0.717, 1.165) is 30.2 Å². The lowest BCUT2D eigenvalue weighted by Gasteiger charge is -2.35. The van der Waals surface area contributed by atoms with Crippen LogP contribution in [-0.2, 0) is 9.53 Å². The van der Waals surface area contributed by atoms with Crippen LogP contribution in [-0.4, -0.2) is 94.6 Å². The second kappa shape index (κ2) is 11.3. The summed E-state index contributed by atoms with van der Waals surface area (Å²) in [6.45, 7) is 7.62. The van der Waals surface area contributed by atoms with Gasteiger partial charge in [-0.3, -0.25) is 4.79 Å². The molecule has 10 heteroatoms. The molecule has 0 N–H and O–H groups in total. The Morgan fingerprint density at radius 3 is 2.14 bits per heavy atom. The molecule has 2 aliphatic heterocycles. The van der Waals surface area contributed by atoms with Crippen LogP contribution in [0.3, 0.4) is 0 Å². The number of carbonyl (C=O) groups is 1. The fourth-order valence-corrected chi connectivity index (χ4v) is 4.23. The molecule has 1 amide bonds. The summed E-state index contributed by atoms with van der Waals surface area (Å²) in [5.41, 5.74) is 1.72. The van der Waals surface area contributed by atoms with Crippen LogP contribution in [0.25, 0.3) is 6.08 Å². The number of aromatic nitrogens is 2. The number of benzene rings is 1. The van der Waals surface area contributed by atoms with E-state index in [1.807, 2.05) is 30.0 Å². The first-order valence-electron chi connectivity index (χ1n) is 11.7. The number of carbonyl (C=O) groups excluding carboxylic acids is 1. The van der Waals surface area contributed by atoms with Crippen molar-refractivity contribution >= 4 is 23.7 Å². The fourth-order valence-electron chi connectivity index (χ4n) is 4.23. The highest BCUT2D eigenvalue weighted by molar-refractivity contribution is 5.92. The topological polar surface area (TPSA) is 89.5 Å². The van der Waals surface area contributed by atoms with E-state index in [1.54, 1.807) is 33.5 Å². The fraction of sp³-hybridized carbons (Fsp3) is 0.480. The first kappa shape index (κ1) is 24.6. The molecular formula is C25H33N5O5. The van der Waals surface area contributed by atoms with E-state index in [4.69, 9.17) is 23.9 Å². The summed E-state index contributed by atoms with van der Waals surface area (Å²) in [5.74, 6) is 3.21. The van der Waals surface area contributed by atoms with Gasteiger partial charge in [0.25, 0.3) is 0 Å². The molecule has 0 saturated carbocycles. The minimum Gasteiger partial charge on any atom is -0.493 e. The summed E-state index contributed by atoms with van der Waals surface area (Å²) in [4.78, 5) is 28.5. The molecule has 0 unspecified atom stereocenters. The van der Waals surface area contributed by atoms with Crippen LogP contribution in [0.5, 0.6) is 17.2 Å². The number of methoxy groups -OCH3 is 3. The largest absolute Gasteiger partial charge is 0.493 e. The van der Waals surface area contributed by atoms with Gasteiger partial charge in [0.2, 0.25) is 17.6 Å². The van der Waals surface area contributed by atoms with Crippen molar-refractivity contribution < 1.29 is 23.7 Å². The molecule has 188 valence electrons. The van der Waals surface area contributed by atoms with Gasteiger partial charge in [-0.25, -0.2) is 4.98 Å². The standard InChI is InChI=1S/C25H33N5O5/c1-18-15-22(28-11-13-35-14-12-28)27-25(26-18)30-9-7-29(8-10-30)23(31)6-5-19-16-20(32-2)24(34-4)21(17-19)33-3/h5-6,15-17H,7-14H2,1-4H3/b6-5+. The van der Waals surface area contributed by atoms with Gasteiger partial charge in [0.05, 0.1) is 34.5 Å². The zero-order chi connectivity index (χ0) is 24.8. The number of piperazine rings is 1. The molecule has 1 aromatic carbocycles. The lowest BCUT2D eigenvalue weighted by molar-refractivity contribution is -0.126. The Morgan fingerprint density at radius 1 is 0.886 bits per heavy atom. The molecule has 2 saturated heterocycles. The van der Waals surface area contributed by atoms with Gasteiger partial charge < -0.3 is 33.6 Å². The average Bonchev–Trinajstić information content (AvgIpc) is 2.91. The van der Waals surface area contributed by atoms with Crippen LogP contribution < -0.4 is 24.0 Å². The van der Waals surface area contributed by atoms with Crippen LogP contribution in [0, 0.1) is 6.92 Å². The number of hydrogen-bond donors (Lipinski definition) is 0. The zero-order valence-electron chi connectivity index (χ0n) is 20.8. The number of rotatable bonds is 7. The van der Waals surface area contributed by atoms with Crippen molar-refractivity contribution in [3.05, 3.63) is 35.5 Å². The van der Waals surface area contributed by atoms with Gasteiger partial charge >= 0.3 is 0 Å². The number of hydrogen-bond acceptors (Lipinski definition) is 9. The summed E-state index contributed by atoms with van der Waals surface area (Å²) >= 11 is 0. The second-order valence-electron chi connectivity index (χ2n) is 8.37. The number of aryl methyl sites for hydroxylation is 1. The van der Waals surface area contributed by atoms with E-state index in [9.17, 15) is 4.79 Å². The third-order valence-corrected chi connectivity index (χ3v) is 6.14. The highest BCUT2D eigenvalue weighted by Gasteiger charge is 2.23. The van der Waals surface area contributed by atoms with Crippen LogP contribution >= 0.6 is 0 Å². The van der Waals surface area contributed by atoms with Crippen LogP contribution in [0.15, 0.2) is 24.3 Å². The van der Waals surface area contributed by atoms with Crippen molar-refractivity contribution in [2.45, 2.75) is 6.92 Å². The first-order valence-corrected chi connectivity index (χ1v) is 11.7. The molecule has 2 fully saturated rings. The minimum absolute atomic E-state index is 0.0439. The molecule has 2 aromatic rings. The maximum atomic E-state index is 12.8. The molecule has 2 aliphatic rings. The van der Waals surface area contributed by atoms with Crippen molar-refractivity contribution in [3.8, 4) is 17.2 Å². The lowest BCUT2D eigenvalue weighted by atomic mass is 10.1. The van der Waals surface area contributed by atoms with Crippen molar-refractivity contribution in [3.63, 3.8) is 0 Å². The normalized spacial score (nSPS) is 16.5. The van der Waals surface area contributed by atoms with E-state index < -0.39 is 0 Å². The first-order chi connectivity index (χ1) is 17.0. The van der Waals surface area contributed by atoms with Gasteiger partial charge in [-0.05, 0) is 30.7 Å². The van der Waals surface area contributed by atoms with Gasteiger partial charge in [-0.1, -0.05) is 0 Å². The molecule has 0 spiro atoms. The Hall–Kier alpha value is -3.53. The lowest BCUT2D eigenvalue weighted by Crippen LogP contribution is -2.49. The molecule has 0 radical (unpaired) electrons. The van der Waals surface area contributed by atoms with Gasteiger partial charge in [-0.2, -0.15) is 4.98 Å². The molecule has 0 bridgehead atoms. The molecule has 3 heterocycles. The maximum absolute atomic E-state index is 12.8. The third-order valence-electron chi connectivity index (χ3n) is 6.14. The number of morpholine rings is 1. The SMILES string of the molecule is COc1cc(/C=C/C(=O)N2CCN(c3nc(C)cc(N4CCOCC4)n3)CC2)cc(OC)c1OC. The smallest absolute Gasteiger partial charge is 0.246 e. The Bertz CT molecular complexity index is 1040. The maximum Gasteiger partial charge on any atom is 0.246 e. The molecule has 35 heavy (non-hydrogen) atoms. The van der Waals surface area contributed by atoms with Crippen molar-refractivity contribution in [1.29, 1.82) is 0 Å². The summed E-state index contributed by atoms with van der Waals surface area (Å²) in [6.07, 6.45) is 3.34. The Labute approximate surface area is 206 Å². The van der Waals surface area contributed by atoms with Gasteiger partial charge in [-0.15, -0.1) is 0 Å². The third kappa shape index (κ3) is 5.76. The number of ether oxygens (including phenoxy) is 4. The molecule has 0 atom stereocenters. The van der Waals surface area contributed by atoms with E-state index in [1.165, 1.54) is 0 Å². The van der Waals surface area contributed by atoms with E-state index in [-0.39, 0.29) is 5.91 Å². The Kier molecular flexibility index (Phi) is 7.91. The highest BCUT2D eigenvalue weighted by atomic mass is 16.5. The number of anilines is 2. The van der Waals surface area contributed by atoms with Crippen LogP contribution in [0.4, 0.5) is 11.8 Å². The van der Waals surface area contributed by atoms with Gasteiger partial charge in [0, 0.05) is 57.1 Å². The number of nitrogens with zero attached hydrogens (tertiary/aromatic N) is 5. The average molecular weight is 484 g/mol. The predicted molar refractivity (Wildman–Crippen MR) is 134 cm³/mol. The highest BCUT2D eigenvalue weighted by Crippen LogP contribution is 2.38. The van der Waals surface area contributed by atoms with Crippen molar-refractivity contribution in [2.75, 3.05) is 83.6 Å². The van der Waals surface area contributed by atoms with Crippen LogP contribution in [0.1, 0.15) is 11.3 Å². The van der Waals surface area contributed by atoms with Crippen LogP contribution in [0.2, 0.25) is 0 Å². The van der Waals surface area contributed by atoms with Crippen molar-refractivity contribution in [1.82, 2.24) is 14.9 Å². The molecule has 4 rings (SSSR count). The summed E-state index contributed by atoms with van der Waals surface area (Å²) in [7, 11) is 4.69. The van der Waals surface area contributed by atoms with E-state index >= 15 is 0 Å². The zero-order valence-corrected chi connectivity index (χ0v) is 20.8. The summed E-state index contributed by atoms with van der Waals surface area (Å²) in [5, 5.41) is 0. The summed E-state index contributed by atoms with van der Waals surface area (Å²) < 4.78 is 21.6. The Balaban J connectivity index is 1.39. The number of amides is 1. The van der Waals surface area contributed by atoms with Crippen molar-refractivity contribution in [2.24, 2.45) is 0 Å². The Morgan fingerprint density at radius 2 is 1.54 bits per heavy atom. The second-order valence-corrected chi connectivity index (χ2v) is 8.37. The van der Waals surface area contributed by atoms with E-state index in [0.29, 0.717) is 62.6 Å². The quantitative estimate of drug-likeness (QED) is 0.549. The minimum atomic E-state index is -0.0439. The molecule has 0 aliphatic carbocycles.